The number of hydrogen-bond donors (Lipinski definition) is 4. The van der Waals surface area contributed by atoms with Gasteiger partial charge in [0.1, 0.15) is 34.5 Å². The highest BCUT2D eigenvalue weighted by Gasteiger charge is 2.43. The molecule has 4 N–H and O–H groups in total. The van der Waals surface area contributed by atoms with Gasteiger partial charge in [0.2, 0.25) is 0 Å². The van der Waals surface area contributed by atoms with Crippen LogP contribution in [-0.4, -0.2) is 46.9 Å². The smallest absolute Gasteiger partial charge is 0.128 e. The first-order chi connectivity index (χ1) is 22.4. The molecule has 4 atom stereocenters. The van der Waals surface area contributed by atoms with Crippen LogP contribution in [0.5, 0.6) is 34.5 Å². The van der Waals surface area contributed by atoms with Crippen LogP contribution in [0, 0.1) is 11.8 Å². The molecule has 4 aromatic rings. The Kier molecular flexibility index (Phi) is 8.40. The van der Waals surface area contributed by atoms with Crippen molar-refractivity contribution >= 4 is 0 Å². The molecule has 4 unspecified atom stereocenters. The number of methoxy groups -OCH3 is 1. The Morgan fingerprint density at radius 2 is 1.46 bits per heavy atom. The Bertz CT molecular complexity index is 1710. The number of rotatable bonds is 7. The lowest BCUT2D eigenvalue weighted by Gasteiger charge is -2.40. The van der Waals surface area contributed by atoms with Crippen LogP contribution in [0.15, 0.2) is 72.8 Å². The van der Waals surface area contributed by atoms with E-state index in [9.17, 15) is 20.4 Å². The summed E-state index contributed by atoms with van der Waals surface area (Å²) in [6, 6.07) is 21.4. The summed E-state index contributed by atoms with van der Waals surface area (Å²) in [4.78, 5) is 0. The number of aliphatic hydroxyl groups excluding tert-OH is 2. The zero-order valence-corrected chi connectivity index (χ0v) is 25.9. The van der Waals surface area contributed by atoms with Gasteiger partial charge in [-0.1, -0.05) is 24.6 Å². The van der Waals surface area contributed by atoms with Gasteiger partial charge in [-0.05, 0) is 97.0 Å². The Morgan fingerprint density at radius 1 is 0.717 bits per heavy atom. The molecular formula is C38H40O8. The molecule has 0 spiro atoms. The molecule has 1 saturated carbocycles. The van der Waals surface area contributed by atoms with Crippen LogP contribution in [0.4, 0.5) is 0 Å². The van der Waals surface area contributed by atoms with E-state index in [-0.39, 0.29) is 30.8 Å². The van der Waals surface area contributed by atoms with E-state index in [1.54, 1.807) is 43.5 Å². The highest BCUT2D eigenvalue weighted by Crippen LogP contribution is 2.49. The summed E-state index contributed by atoms with van der Waals surface area (Å²) < 4.78 is 24.4. The number of benzene rings is 4. The summed E-state index contributed by atoms with van der Waals surface area (Å²) >= 11 is 0. The van der Waals surface area contributed by atoms with Gasteiger partial charge in [0.25, 0.3) is 0 Å². The summed E-state index contributed by atoms with van der Waals surface area (Å²) in [6.45, 7) is 0.427. The Balaban J connectivity index is 1.16. The van der Waals surface area contributed by atoms with Crippen LogP contribution >= 0.6 is 0 Å². The molecule has 0 aromatic heterocycles. The third-order valence-electron chi connectivity index (χ3n) is 9.72. The largest absolute Gasteiger partial charge is 0.508 e. The fourth-order valence-electron chi connectivity index (χ4n) is 7.28. The monoisotopic (exact) mass is 624 g/mol. The molecule has 0 saturated heterocycles. The third kappa shape index (κ3) is 5.95. The predicted molar refractivity (Wildman–Crippen MR) is 173 cm³/mol. The van der Waals surface area contributed by atoms with Gasteiger partial charge in [0.15, 0.2) is 0 Å². The summed E-state index contributed by atoms with van der Waals surface area (Å²) in [5.74, 6) is 1.89. The lowest BCUT2D eigenvalue weighted by molar-refractivity contribution is -0.0555. The first-order valence-electron chi connectivity index (χ1n) is 16.1. The molecule has 0 radical (unpaired) electrons. The predicted octanol–water partition coefficient (Wildman–Crippen LogP) is 6.86. The summed E-state index contributed by atoms with van der Waals surface area (Å²) in [5.41, 5.74) is 4.52. The minimum absolute atomic E-state index is 0.121. The molecule has 3 aliphatic rings. The number of aromatic hydroxyl groups is 2. The lowest BCUT2D eigenvalue weighted by atomic mass is 9.77. The normalized spacial score (nSPS) is 22.6. The van der Waals surface area contributed by atoms with Crippen LogP contribution < -0.4 is 18.9 Å². The number of fused-ring (bicyclic) bond motifs is 2. The van der Waals surface area contributed by atoms with Crippen molar-refractivity contribution in [2.45, 2.75) is 56.8 Å². The highest BCUT2D eigenvalue weighted by atomic mass is 16.5. The molecule has 46 heavy (non-hydrogen) atoms. The fraction of sp³-hybridized carbons (Fsp3) is 0.368. The van der Waals surface area contributed by atoms with Crippen molar-refractivity contribution in [1.82, 2.24) is 0 Å². The van der Waals surface area contributed by atoms with Crippen molar-refractivity contribution in [3.05, 3.63) is 95.1 Å². The molecule has 0 bridgehead atoms. The average Bonchev–Trinajstić information content (AvgIpc) is 3.06. The van der Waals surface area contributed by atoms with Gasteiger partial charge >= 0.3 is 0 Å². The molecule has 7 rings (SSSR count). The van der Waals surface area contributed by atoms with E-state index in [0.717, 1.165) is 40.8 Å². The van der Waals surface area contributed by atoms with Gasteiger partial charge in [-0.3, -0.25) is 0 Å². The second-order valence-electron chi connectivity index (χ2n) is 12.7. The van der Waals surface area contributed by atoms with Gasteiger partial charge in [0.05, 0.1) is 38.6 Å². The maximum atomic E-state index is 11.8. The summed E-state index contributed by atoms with van der Waals surface area (Å²) in [7, 11) is 1.58. The molecule has 8 nitrogen and oxygen atoms in total. The molecular weight excluding hydrogens is 584 g/mol. The van der Waals surface area contributed by atoms with Gasteiger partial charge < -0.3 is 39.4 Å². The number of phenols is 2. The summed E-state index contributed by atoms with van der Waals surface area (Å²) in [5, 5.41) is 44.0. The van der Waals surface area contributed by atoms with Crippen LogP contribution in [0.25, 0.3) is 11.1 Å². The Hall–Kier alpha value is -4.40. The zero-order chi connectivity index (χ0) is 31.8. The Morgan fingerprint density at radius 3 is 2.24 bits per heavy atom. The SMILES string of the molecule is COc1cc(Cc2cc(O)ccc2-c2cccc(O)c2)c2c(c1)C(O)C(C1COc3ccc(OC4CCCCC4)cc3C1O)CO2. The highest BCUT2D eigenvalue weighted by molar-refractivity contribution is 5.70. The number of aliphatic hydroxyl groups is 2. The molecule has 2 aliphatic heterocycles. The van der Waals surface area contributed by atoms with E-state index in [2.05, 4.69) is 0 Å². The minimum Gasteiger partial charge on any atom is -0.508 e. The van der Waals surface area contributed by atoms with E-state index < -0.39 is 24.0 Å². The number of hydrogen-bond acceptors (Lipinski definition) is 8. The van der Waals surface area contributed by atoms with Crippen molar-refractivity contribution in [2.75, 3.05) is 20.3 Å². The second kappa shape index (κ2) is 12.8. The molecule has 240 valence electrons. The molecule has 1 fully saturated rings. The number of ether oxygens (including phenoxy) is 4. The zero-order valence-electron chi connectivity index (χ0n) is 25.9. The standard InChI is InChI=1S/C38H40O8/c1-43-29-17-24(14-23-16-26(40)10-12-30(23)22-6-5-7-25(39)15-22)38-32(19-29)37(42)34(21-45-38)33-20-44-35-13-11-28(18-31(35)36(33)41)46-27-8-3-2-4-9-27/h5-7,10-13,15-19,27,33-34,36-37,39-42H,2-4,8-9,14,20-21H2,1H3. The first kappa shape index (κ1) is 30.3. The van der Waals surface area contributed by atoms with Gasteiger partial charge in [-0.2, -0.15) is 0 Å². The van der Waals surface area contributed by atoms with Crippen LogP contribution in [0.3, 0.4) is 0 Å². The molecule has 4 aromatic carbocycles. The van der Waals surface area contributed by atoms with Crippen LogP contribution in [0.2, 0.25) is 0 Å². The lowest BCUT2D eigenvalue weighted by Crippen LogP contribution is -2.40. The van der Waals surface area contributed by atoms with E-state index >= 15 is 0 Å². The quantitative estimate of drug-likeness (QED) is 0.176. The summed E-state index contributed by atoms with van der Waals surface area (Å²) in [6.07, 6.45) is 4.42. The average molecular weight is 625 g/mol. The maximum Gasteiger partial charge on any atom is 0.128 e. The number of phenolic OH excluding ortho intramolecular Hbond substituents is 2. The third-order valence-corrected chi connectivity index (χ3v) is 9.72. The molecule has 2 heterocycles. The van der Waals surface area contributed by atoms with E-state index in [1.807, 2.05) is 36.4 Å². The van der Waals surface area contributed by atoms with Gasteiger partial charge in [0, 0.05) is 34.9 Å². The van der Waals surface area contributed by atoms with E-state index in [0.29, 0.717) is 34.8 Å². The van der Waals surface area contributed by atoms with Crippen molar-refractivity contribution in [3.8, 4) is 45.6 Å². The minimum atomic E-state index is -0.946. The molecule has 1 aliphatic carbocycles. The van der Waals surface area contributed by atoms with Gasteiger partial charge in [-0.25, -0.2) is 0 Å². The van der Waals surface area contributed by atoms with E-state index in [1.165, 1.54) is 19.3 Å². The maximum absolute atomic E-state index is 11.8. The van der Waals surface area contributed by atoms with Crippen molar-refractivity contribution in [2.24, 2.45) is 11.8 Å². The van der Waals surface area contributed by atoms with Crippen molar-refractivity contribution in [3.63, 3.8) is 0 Å². The van der Waals surface area contributed by atoms with E-state index in [4.69, 9.17) is 18.9 Å². The van der Waals surface area contributed by atoms with Crippen LogP contribution in [0.1, 0.15) is 66.6 Å². The molecule has 0 amide bonds. The van der Waals surface area contributed by atoms with Crippen molar-refractivity contribution in [1.29, 1.82) is 0 Å². The van der Waals surface area contributed by atoms with Crippen molar-refractivity contribution < 1.29 is 39.4 Å². The Labute approximate surface area is 268 Å². The topological polar surface area (TPSA) is 118 Å². The van der Waals surface area contributed by atoms with Gasteiger partial charge in [-0.15, -0.1) is 0 Å². The fourth-order valence-corrected chi connectivity index (χ4v) is 7.28. The molecule has 8 heteroatoms. The first-order valence-corrected chi connectivity index (χ1v) is 16.1. The van der Waals surface area contributed by atoms with Crippen LogP contribution in [-0.2, 0) is 6.42 Å². The second-order valence-corrected chi connectivity index (χ2v) is 12.7.